The van der Waals surface area contributed by atoms with E-state index >= 15 is 0 Å². The third-order valence-corrected chi connectivity index (χ3v) is 3.08. The molecule has 2 aromatic carbocycles. The summed E-state index contributed by atoms with van der Waals surface area (Å²) < 4.78 is 0. The summed E-state index contributed by atoms with van der Waals surface area (Å²) in [5.41, 5.74) is 5.18. The van der Waals surface area contributed by atoms with Gasteiger partial charge in [0.15, 0.2) is 0 Å². The van der Waals surface area contributed by atoms with Gasteiger partial charge in [0.25, 0.3) is 0 Å². The molecule has 0 atom stereocenters. The second kappa shape index (κ2) is 3.34. The fraction of sp³-hybridized carbons (Fsp3) is 0.125. The first-order valence-electron chi connectivity index (χ1n) is 5.57. The molecule has 0 heteroatoms. The summed E-state index contributed by atoms with van der Waals surface area (Å²) in [4.78, 5) is 0. The molecule has 3 rings (SSSR count). The van der Waals surface area contributed by atoms with E-state index < -0.39 is 0 Å². The monoisotopic (exact) mass is 205 g/mol. The molecule has 1 aliphatic rings. The van der Waals surface area contributed by atoms with Crippen molar-refractivity contribution in [2.45, 2.75) is 13.8 Å². The average Bonchev–Trinajstić information content (AvgIpc) is 2.67. The lowest BCUT2D eigenvalue weighted by Gasteiger charge is -2.00. The van der Waals surface area contributed by atoms with Crippen LogP contribution in [0.5, 0.6) is 0 Å². The van der Waals surface area contributed by atoms with Gasteiger partial charge < -0.3 is 0 Å². The largest absolute Gasteiger partial charge is 0.0685 e. The predicted molar refractivity (Wildman–Crippen MR) is 68.4 cm³/mol. The van der Waals surface area contributed by atoms with Crippen LogP contribution in [0.3, 0.4) is 0 Å². The van der Waals surface area contributed by atoms with Gasteiger partial charge in [0.2, 0.25) is 0 Å². The second-order valence-electron chi connectivity index (χ2n) is 4.40. The number of hydrogen-bond acceptors (Lipinski definition) is 0. The van der Waals surface area contributed by atoms with Gasteiger partial charge in [0.05, 0.1) is 0 Å². The zero-order valence-corrected chi connectivity index (χ0v) is 9.54. The topological polar surface area (TPSA) is 0 Å². The van der Waals surface area contributed by atoms with Crippen LogP contribution in [0, 0.1) is 0 Å². The maximum absolute atomic E-state index is 3.51. The Bertz CT molecular complexity index is 671. The Kier molecular flexibility index (Phi) is 1.97. The molecule has 0 amide bonds. The zero-order chi connectivity index (χ0) is 11.1. The number of hydrogen-bond donors (Lipinski definition) is 0. The molecule has 0 bridgehead atoms. The van der Waals surface area contributed by atoms with E-state index in [1.807, 2.05) is 0 Å². The Morgan fingerprint density at radius 2 is 1.62 bits per heavy atom. The van der Waals surface area contributed by atoms with Crippen LogP contribution in [0.15, 0.2) is 42.5 Å². The van der Waals surface area contributed by atoms with Crippen molar-refractivity contribution in [3.63, 3.8) is 0 Å². The average molecular weight is 205 g/mol. The van der Waals surface area contributed by atoms with Crippen molar-refractivity contribution in [1.29, 1.82) is 0 Å². The standard InChI is InChI=1S/C16H13/c1-11(2)13-8-5-9-15-14-7-4-3-6-12(14)10-16(13)15/h3-9H,1-2H3. The van der Waals surface area contributed by atoms with E-state index in [-0.39, 0.29) is 0 Å². The minimum Gasteiger partial charge on any atom is -0.0685 e. The molecule has 0 unspecified atom stereocenters. The van der Waals surface area contributed by atoms with Crippen LogP contribution < -0.4 is 10.4 Å². The highest BCUT2D eigenvalue weighted by atomic mass is 14.1. The van der Waals surface area contributed by atoms with Gasteiger partial charge in [0, 0.05) is 0 Å². The molecule has 0 fully saturated rings. The van der Waals surface area contributed by atoms with Crippen LogP contribution in [0.25, 0.3) is 22.8 Å². The Labute approximate surface area is 95.6 Å². The van der Waals surface area contributed by atoms with Crippen LogP contribution in [-0.2, 0) is 0 Å². The van der Waals surface area contributed by atoms with Crippen molar-refractivity contribution in [3.05, 3.63) is 58.5 Å². The first-order valence-corrected chi connectivity index (χ1v) is 5.57. The predicted octanol–water partition coefficient (Wildman–Crippen LogP) is 2.56. The van der Waals surface area contributed by atoms with Crippen LogP contribution in [0.4, 0.5) is 0 Å². The third kappa shape index (κ3) is 1.23. The molecule has 0 spiro atoms. The molecule has 0 N–H and O–H groups in total. The van der Waals surface area contributed by atoms with Crippen LogP contribution in [-0.4, -0.2) is 0 Å². The van der Waals surface area contributed by atoms with Gasteiger partial charge in [-0.05, 0) is 47.1 Å². The van der Waals surface area contributed by atoms with Gasteiger partial charge in [-0.15, -0.1) is 0 Å². The summed E-state index contributed by atoms with van der Waals surface area (Å²) >= 11 is 0. The van der Waals surface area contributed by atoms with Crippen molar-refractivity contribution in [2.24, 2.45) is 0 Å². The number of benzene rings is 2. The summed E-state index contributed by atoms with van der Waals surface area (Å²) in [5, 5.41) is 2.57. The first kappa shape index (κ1) is 9.41. The van der Waals surface area contributed by atoms with Gasteiger partial charge in [0.1, 0.15) is 0 Å². The quantitative estimate of drug-likeness (QED) is 0.529. The summed E-state index contributed by atoms with van der Waals surface area (Å²) in [6.45, 7) is 4.31. The van der Waals surface area contributed by atoms with E-state index in [1.165, 1.54) is 32.7 Å². The van der Waals surface area contributed by atoms with Crippen LogP contribution in [0.1, 0.15) is 19.4 Å². The molecule has 1 aliphatic carbocycles. The third-order valence-electron chi connectivity index (χ3n) is 3.08. The molecule has 0 aromatic heterocycles. The summed E-state index contributed by atoms with van der Waals surface area (Å²) in [5.74, 6) is 0. The Balaban J connectivity index is 2.49. The fourth-order valence-corrected chi connectivity index (χ4v) is 2.29. The summed E-state index contributed by atoms with van der Waals surface area (Å²) in [7, 11) is 0. The van der Waals surface area contributed by atoms with E-state index in [9.17, 15) is 0 Å². The lowest BCUT2D eigenvalue weighted by atomic mass is 10.0. The van der Waals surface area contributed by atoms with Crippen LogP contribution >= 0.6 is 0 Å². The lowest BCUT2D eigenvalue weighted by molar-refractivity contribution is 1.45. The van der Waals surface area contributed by atoms with Gasteiger partial charge in [-0.1, -0.05) is 48.0 Å². The molecule has 0 saturated heterocycles. The van der Waals surface area contributed by atoms with E-state index in [4.69, 9.17) is 0 Å². The zero-order valence-electron chi connectivity index (χ0n) is 9.54. The van der Waals surface area contributed by atoms with E-state index in [1.54, 1.807) is 0 Å². The SMILES string of the molecule is CC(C)=c1cccc2c1=[C]c1ccccc1-2. The molecule has 0 nitrogen and oxygen atoms in total. The minimum atomic E-state index is 1.21. The molecule has 16 heavy (non-hydrogen) atoms. The van der Waals surface area contributed by atoms with Crippen molar-refractivity contribution in [2.75, 3.05) is 0 Å². The Hall–Kier alpha value is -1.82. The smallest absolute Gasteiger partial charge is 0.000766 e. The van der Waals surface area contributed by atoms with Gasteiger partial charge >= 0.3 is 0 Å². The van der Waals surface area contributed by atoms with E-state index in [0.29, 0.717) is 0 Å². The fourth-order valence-electron chi connectivity index (χ4n) is 2.29. The number of fused-ring (bicyclic) bond motifs is 3. The van der Waals surface area contributed by atoms with Crippen molar-refractivity contribution < 1.29 is 0 Å². The molecule has 0 saturated carbocycles. The summed E-state index contributed by atoms with van der Waals surface area (Å²) in [6, 6.07) is 14.9. The molecular weight excluding hydrogens is 192 g/mol. The minimum absolute atomic E-state index is 1.21. The maximum Gasteiger partial charge on any atom is -0.000766 e. The normalized spacial score (nSPS) is 11.6. The second-order valence-corrected chi connectivity index (χ2v) is 4.40. The molecule has 77 valence electrons. The van der Waals surface area contributed by atoms with Gasteiger partial charge in [-0.3, -0.25) is 0 Å². The highest BCUT2D eigenvalue weighted by molar-refractivity contribution is 5.83. The van der Waals surface area contributed by atoms with Crippen LogP contribution in [0.2, 0.25) is 0 Å². The molecule has 0 heterocycles. The van der Waals surface area contributed by atoms with E-state index in [0.717, 1.165) is 0 Å². The molecule has 2 aromatic rings. The highest BCUT2D eigenvalue weighted by Gasteiger charge is 2.11. The Morgan fingerprint density at radius 1 is 0.875 bits per heavy atom. The van der Waals surface area contributed by atoms with Gasteiger partial charge in [-0.25, -0.2) is 0 Å². The summed E-state index contributed by atoms with van der Waals surface area (Å²) in [6.07, 6.45) is 3.51. The molecule has 1 radical (unpaired) electrons. The Morgan fingerprint density at radius 3 is 2.44 bits per heavy atom. The van der Waals surface area contributed by atoms with Crippen molar-refractivity contribution in [1.82, 2.24) is 0 Å². The molecular formula is C16H13. The van der Waals surface area contributed by atoms with Crippen molar-refractivity contribution >= 4 is 11.6 Å². The number of rotatable bonds is 0. The first-order chi connectivity index (χ1) is 7.77. The highest BCUT2D eigenvalue weighted by Crippen LogP contribution is 2.24. The lowest BCUT2D eigenvalue weighted by Crippen LogP contribution is -2.25. The van der Waals surface area contributed by atoms with Crippen molar-refractivity contribution in [3.8, 4) is 11.1 Å². The van der Waals surface area contributed by atoms with E-state index in [2.05, 4.69) is 62.4 Å². The molecule has 0 aliphatic heterocycles. The maximum atomic E-state index is 3.51. The van der Waals surface area contributed by atoms with Gasteiger partial charge in [-0.2, -0.15) is 0 Å².